The molecule has 1 amide bonds. The van der Waals surface area contributed by atoms with Crippen molar-refractivity contribution in [2.45, 2.75) is 38.5 Å². The predicted molar refractivity (Wildman–Crippen MR) is 93.0 cm³/mol. The number of aromatic nitrogens is 1. The number of halogens is 3. The van der Waals surface area contributed by atoms with Gasteiger partial charge in [0.2, 0.25) is 0 Å². The molecule has 1 aromatic carbocycles. The van der Waals surface area contributed by atoms with Crippen LogP contribution in [0.4, 0.5) is 14.5 Å². The number of rotatable bonds is 4. The minimum Gasteiger partial charge on any atom is -0.378 e. The van der Waals surface area contributed by atoms with Crippen molar-refractivity contribution >= 4 is 34.1 Å². The Hall–Kier alpha value is -1.95. The van der Waals surface area contributed by atoms with Gasteiger partial charge in [-0.2, -0.15) is 8.78 Å². The molecule has 0 saturated carbocycles. The molecule has 1 heterocycles. The molecule has 0 spiro atoms. The number of nitrogens with one attached hydrogen (secondary N) is 1. The lowest BCUT2D eigenvalue weighted by molar-refractivity contribution is 0.0995. The molecule has 3 N–H and O–H groups in total. The lowest BCUT2D eigenvalue weighted by Crippen LogP contribution is -2.21. The molecular formula is C17H20ClF2N3O. The Morgan fingerprint density at radius 3 is 2.42 bits per heavy atom. The van der Waals surface area contributed by atoms with Crippen molar-refractivity contribution in [2.24, 2.45) is 5.73 Å². The number of hydrogen-bond donors (Lipinski definition) is 2. The van der Waals surface area contributed by atoms with E-state index in [2.05, 4.69) is 10.3 Å². The van der Waals surface area contributed by atoms with Gasteiger partial charge in [0.05, 0.1) is 12.1 Å². The summed E-state index contributed by atoms with van der Waals surface area (Å²) in [5, 5.41) is 0.0902. The third-order valence-electron chi connectivity index (χ3n) is 3.67. The van der Waals surface area contributed by atoms with Crippen LogP contribution in [0.5, 0.6) is 0 Å². The average Bonchev–Trinajstić information content (AvgIpc) is 2.42. The van der Waals surface area contributed by atoms with E-state index in [1.165, 1.54) is 0 Å². The van der Waals surface area contributed by atoms with Gasteiger partial charge >= 0.3 is 5.38 Å². The third kappa shape index (κ3) is 4.12. The molecule has 0 saturated heterocycles. The molecule has 2 rings (SSSR count). The zero-order valence-corrected chi connectivity index (χ0v) is 14.8. The largest absolute Gasteiger partial charge is 0.378 e. The number of amides is 1. The zero-order valence-electron chi connectivity index (χ0n) is 14.0. The fraction of sp³-hybridized carbons (Fsp3) is 0.412. The summed E-state index contributed by atoms with van der Waals surface area (Å²) in [7, 11) is 0. The second-order valence-electron chi connectivity index (χ2n) is 6.83. The van der Waals surface area contributed by atoms with Gasteiger partial charge in [-0.05, 0) is 53.3 Å². The number of nitrogens with two attached hydrogens (primary N) is 1. The van der Waals surface area contributed by atoms with Crippen LogP contribution in [0, 0.1) is 6.92 Å². The van der Waals surface area contributed by atoms with E-state index in [9.17, 15) is 13.6 Å². The van der Waals surface area contributed by atoms with Gasteiger partial charge in [-0.25, -0.2) is 4.98 Å². The highest BCUT2D eigenvalue weighted by Gasteiger charge is 2.25. The lowest BCUT2D eigenvalue weighted by Gasteiger charge is -2.23. The molecule has 0 aliphatic rings. The standard InChI is InChI=1S/C17H20ClF2N3O/c1-9-5-13(15(21)24)23-14-11(9)6-10(22-8-17(18,19)20)7-12(14)16(2,3)4/h5-7,22H,8H2,1-4H3,(H2,21,24). The van der Waals surface area contributed by atoms with Crippen molar-refractivity contribution in [1.82, 2.24) is 4.98 Å². The van der Waals surface area contributed by atoms with E-state index in [-0.39, 0.29) is 11.1 Å². The molecule has 0 fully saturated rings. The highest BCUT2D eigenvalue weighted by atomic mass is 35.5. The second-order valence-corrected chi connectivity index (χ2v) is 7.38. The molecule has 2 aromatic rings. The normalized spacial score (nSPS) is 12.5. The average molecular weight is 356 g/mol. The van der Waals surface area contributed by atoms with Crippen molar-refractivity contribution < 1.29 is 13.6 Å². The van der Waals surface area contributed by atoms with Crippen LogP contribution in [0.2, 0.25) is 0 Å². The molecule has 1 aromatic heterocycles. The third-order valence-corrected chi connectivity index (χ3v) is 3.81. The van der Waals surface area contributed by atoms with Crippen molar-refractivity contribution in [3.05, 3.63) is 35.0 Å². The van der Waals surface area contributed by atoms with E-state index in [1.54, 1.807) is 18.2 Å². The van der Waals surface area contributed by atoms with E-state index < -0.39 is 17.8 Å². The van der Waals surface area contributed by atoms with Crippen LogP contribution >= 0.6 is 11.6 Å². The van der Waals surface area contributed by atoms with Gasteiger partial charge in [0.25, 0.3) is 5.91 Å². The predicted octanol–water partition coefficient (Wildman–Crippen LogP) is 4.18. The van der Waals surface area contributed by atoms with Gasteiger partial charge in [-0.1, -0.05) is 20.8 Å². The quantitative estimate of drug-likeness (QED) is 0.808. The Balaban J connectivity index is 2.68. The summed E-state index contributed by atoms with van der Waals surface area (Å²) in [5.41, 5.74) is 7.99. The van der Waals surface area contributed by atoms with Gasteiger partial charge in [0.15, 0.2) is 0 Å². The highest BCUT2D eigenvalue weighted by Crippen LogP contribution is 2.34. The number of primary amides is 1. The van der Waals surface area contributed by atoms with Crippen LogP contribution in [0.3, 0.4) is 0 Å². The van der Waals surface area contributed by atoms with Gasteiger partial charge in [-0.15, -0.1) is 0 Å². The smallest absolute Gasteiger partial charge is 0.338 e. The maximum atomic E-state index is 12.9. The van der Waals surface area contributed by atoms with Crippen LogP contribution in [0.15, 0.2) is 18.2 Å². The molecule has 0 unspecified atom stereocenters. The summed E-state index contributed by atoms with van der Waals surface area (Å²) >= 11 is 4.96. The number of aryl methyl sites for hydroxylation is 1. The summed E-state index contributed by atoms with van der Waals surface area (Å²) < 4.78 is 25.8. The number of anilines is 1. The van der Waals surface area contributed by atoms with Crippen LogP contribution in [-0.4, -0.2) is 22.8 Å². The summed E-state index contributed by atoms with van der Waals surface area (Å²) in [5.74, 6) is -0.608. The first kappa shape index (κ1) is 18.4. The topological polar surface area (TPSA) is 68.0 Å². The van der Waals surface area contributed by atoms with Crippen molar-refractivity contribution in [3.63, 3.8) is 0 Å². The fourth-order valence-corrected chi connectivity index (χ4v) is 2.56. The Morgan fingerprint density at radius 1 is 1.29 bits per heavy atom. The summed E-state index contributed by atoms with van der Waals surface area (Å²) in [4.78, 5) is 15.9. The first-order chi connectivity index (χ1) is 10.9. The van der Waals surface area contributed by atoms with Crippen molar-refractivity contribution in [3.8, 4) is 0 Å². The van der Waals surface area contributed by atoms with Crippen molar-refractivity contribution in [2.75, 3.05) is 11.9 Å². The van der Waals surface area contributed by atoms with Crippen LogP contribution < -0.4 is 11.1 Å². The molecule has 0 aliphatic carbocycles. The number of benzene rings is 1. The molecule has 0 aliphatic heterocycles. The summed E-state index contributed by atoms with van der Waals surface area (Å²) in [6.07, 6.45) is 0. The molecule has 130 valence electrons. The maximum absolute atomic E-state index is 12.9. The van der Waals surface area contributed by atoms with Crippen LogP contribution in [0.1, 0.15) is 42.4 Å². The molecule has 7 heteroatoms. The maximum Gasteiger partial charge on any atom is 0.338 e. The lowest BCUT2D eigenvalue weighted by atomic mass is 9.84. The molecule has 4 nitrogen and oxygen atoms in total. The monoisotopic (exact) mass is 355 g/mol. The van der Waals surface area contributed by atoms with E-state index in [0.29, 0.717) is 11.2 Å². The number of nitrogens with zero attached hydrogens (tertiary/aromatic N) is 1. The minimum atomic E-state index is -3.33. The first-order valence-electron chi connectivity index (χ1n) is 7.45. The van der Waals surface area contributed by atoms with Gasteiger partial charge in [0.1, 0.15) is 5.69 Å². The minimum absolute atomic E-state index is 0.179. The van der Waals surface area contributed by atoms with Crippen LogP contribution in [-0.2, 0) is 5.41 Å². The zero-order chi connectivity index (χ0) is 18.3. The number of pyridine rings is 1. The molecule has 0 radical (unpaired) electrons. The van der Waals surface area contributed by atoms with Crippen LogP contribution in [0.25, 0.3) is 10.9 Å². The van der Waals surface area contributed by atoms with E-state index in [1.807, 2.05) is 27.7 Å². The van der Waals surface area contributed by atoms with Gasteiger partial charge in [0, 0.05) is 11.1 Å². The first-order valence-corrected chi connectivity index (χ1v) is 7.82. The van der Waals surface area contributed by atoms with E-state index in [4.69, 9.17) is 17.3 Å². The van der Waals surface area contributed by atoms with E-state index in [0.717, 1.165) is 16.5 Å². The van der Waals surface area contributed by atoms with Gasteiger partial charge in [-0.3, -0.25) is 4.79 Å². The Morgan fingerprint density at radius 2 is 1.92 bits per heavy atom. The van der Waals surface area contributed by atoms with E-state index >= 15 is 0 Å². The number of alkyl halides is 3. The molecule has 0 bridgehead atoms. The Kier molecular flexibility index (Phi) is 4.72. The Labute approximate surface area is 144 Å². The SMILES string of the molecule is Cc1cc(C(N)=O)nc2c(C(C)(C)C)cc(NCC(F)(F)Cl)cc12. The number of carbonyl (C=O) groups excluding carboxylic acids is 1. The highest BCUT2D eigenvalue weighted by molar-refractivity contribution is 6.22. The second kappa shape index (κ2) is 6.16. The summed E-state index contributed by atoms with van der Waals surface area (Å²) in [6, 6.07) is 5.07. The Bertz CT molecular complexity index is 795. The number of fused-ring (bicyclic) bond motifs is 1. The molecule has 24 heavy (non-hydrogen) atoms. The molecular weight excluding hydrogens is 336 g/mol. The number of carbonyl (C=O) groups is 1. The van der Waals surface area contributed by atoms with Crippen molar-refractivity contribution in [1.29, 1.82) is 0 Å². The number of hydrogen-bond acceptors (Lipinski definition) is 3. The summed E-state index contributed by atoms with van der Waals surface area (Å²) in [6.45, 7) is 7.08. The van der Waals surface area contributed by atoms with Gasteiger partial charge < -0.3 is 11.1 Å². The molecule has 0 atom stereocenters. The fourth-order valence-electron chi connectivity index (χ4n) is 2.49.